The third kappa shape index (κ3) is 11.6. The zero-order valence-electron chi connectivity index (χ0n) is 15.8. The molecule has 0 spiro atoms. The Labute approximate surface area is 155 Å². The fourth-order valence-electron chi connectivity index (χ4n) is 2.58. The average Bonchev–Trinajstić information content (AvgIpc) is 2.99. The van der Waals surface area contributed by atoms with Crippen LogP contribution in [-0.4, -0.2) is 23.0 Å². The first kappa shape index (κ1) is 25.0. The summed E-state index contributed by atoms with van der Waals surface area (Å²) in [4.78, 5) is 0. The maximum absolute atomic E-state index is 10.7. The number of hydrogen-bond acceptors (Lipinski definition) is 2. The molecule has 0 saturated heterocycles. The van der Waals surface area contributed by atoms with Crippen molar-refractivity contribution in [1.82, 2.24) is 4.57 Å². The standard InChI is InChI=1S/C17H31N.CHF3O3S/c1-3-5-6-7-8-9-10-11-12-15-18-16-13-14-17(18)4-2;2-1(3,4)8(5,6)7/h13-14,16H,3-12,15H2,1-2H3;(H,5,6,7). The van der Waals surface area contributed by atoms with Gasteiger partial charge in [0.15, 0.2) is 0 Å². The van der Waals surface area contributed by atoms with E-state index in [9.17, 15) is 13.2 Å². The van der Waals surface area contributed by atoms with Gasteiger partial charge in [0.05, 0.1) is 0 Å². The first-order chi connectivity index (χ1) is 12.1. The fraction of sp³-hybridized carbons (Fsp3) is 0.778. The molecule has 0 radical (unpaired) electrons. The molecule has 0 aliphatic rings. The maximum Gasteiger partial charge on any atom is 0.522 e. The molecule has 1 N–H and O–H groups in total. The van der Waals surface area contributed by atoms with E-state index in [1.165, 1.54) is 70.0 Å². The van der Waals surface area contributed by atoms with E-state index in [-0.39, 0.29) is 0 Å². The number of aryl methyl sites for hydroxylation is 2. The second-order valence-corrected chi connectivity index (χ2v) is 7.71. The van der Waals surface area contributed by atoms with Gasteiger partial charge in [-0.05, 0) is 25.0 Å². The highest BCUT2D eigenvalue weighted by molar-refractivity contribution is 7.86. The predicted octanol–water partition coefficient (Wildman–Crippen LogP) is 5.98. The molecule has 1 aromatic rings. The average molecular weight is 400 g/mol. The molecule has 26 heavy (non-hydrogen) atoms. The molecule has 1 heterocycles. The van der Waals surface area contributed by atoms with Crippen LogP contribution >= 0.6 is 0 Å². The van der Waals surface area contributed by atoms with Crippen molar-refractivity contribution in [3.05, 3.63) is 24.0 Å². The first-order valence-electron chi connectivity index (χ1n) is 9.31. The van der Waals surface area contributed by atoms with Gasteiger partial charge in [0, 0.05) is 18.4 Å². The topological polar surface area (TPSA) is 59.3 Å². The number of hydrogen-bond donors (Lipinski definition) is 1. The molecule has 0 aliphatic carbocycles. The second kappa shape index (κ2) is 13.2. The quantitative estimate of drug-likeness (QED) is 0.283. The van der Waals surface area contributed by atoms with E-state index in [2.05, 4.69) is 36.7 Å². The van der Waals surface area contributed by atoms with Crippen LogP contribution in [0.2, 0.25) is 0 Å². The molecule has 0 aliphatic heterocycles. The van der Waals surface area contributed by atoms with E-state index in [1.54, 1.807) is 0 Å². The molecule has 0 unspecified atom stereocenters. The summed E-state index contributed by atoms with van der Waals surface area (Å²) < 4.78 is 60.0. The van der Waals surface area contributed by atoms with Crippen LogP contribution in [0.4, 0.5) is 13.2 Å². The molecule has 8 heteroatoms. The number of unbranched alkanes of at least 4 members (excludes halogenated alkanes) is 8. The number of halogens is 3. The molecule has 1 aromatic heterocycles. The Morgan fingerprint density at radius 2 is 1.42 bits per heavy atom. The Hall–Kier alpha value is -1.02. The number of rotatable bonds is 11. The summed E-state index contributed by atoms with van der Waals surface area (Å²) in [5.74, 6) is 0. The summed E-state index contributed by atoms with van der Waals surface area (Å²) in [7, 11) is -5.84. The summed E-state index contributed by atoms with van der Waals surface area (Å²) in [6, 6.07) is 4.42. The van der Waals surface area contributed by atoms with E-state index < -0.39 is 15.6 Å². The summed E-state index contributed by atoms with van der Waals surface area (Å²) >= 11 is 0. The minimum Gasteiger partial charge on any atom is -0.351 e. The van der Waals surface area contributed by atoms with E-state index in [1.807, 2.05) is 0 Å². The lowest BCUT2D eigenvalue weighted by atomic mass is 10.1. The van der Waals surface area contributed by atoms with Crippen molar-refractivity contribution in [1.29, 1.82) is 0 Å². The van der Waals surface area contributed by atoms with E-state index in [0.29, 0.717) is 0 Å². The highest BCUT2D eigenvalue weighted by Gasteiger charge is 2.44. The summed E-state index contributed by atoms with van der Waals surface area (Å²) in [5, 5.41) is 0. The molecule has 4 nitrogen and oxygen atoms in total. The Balaban J connectivity index is 0.000000660. The van der Waals surface area contributed by atoms with Crippen molar-refractivity contribution >= 4 is 10.1 Å². The molecule has 0 aromatic carbocycles. The molecule has 0 saturated carbocycles. The third-order valence-electron chi connectivity index (χ3n) is 4.08. The molecule has 0 atom stereocenters. The molecular formula is C18H32F3NO3S. The lowest BCUT2D eigenvalue weighted by Crippen LogP contribution is -2.21. The molecular weight excluding hydrogens is 367 g/mol. The van der Waals surface area contributed by atoms with Crippen molar-refractivity contribution in [2.24, 2.45) is 0 Å². The van der Waals surface area contributed by atoms with Crippen molar-refractivity contribution in [3.63, 3.8) is 0 Å². The lowest BCUT2D eigenvalue weighted by molar-refractivity contribution is -0.0510. The van der Waals surface area contributed by atoms with Gasteiger partial charge in [0.1, 0.15) is 0 Å². The minimum absolute atomic E-state index is 1.16. The van der Waals surface area contributed by atoms with Crippen LogP contribution in [0, 0.1) is 0 Å². The zero-order chi connectivity index (χ0) is 20.1. The molecule has 0 fully saturated rings. The molecule has 0 amide bonds. The molecule has 0 bridgehead atoms. The van der Waals surface area contributed by atoms with Gasteiger partial charge in [-0.1, -0.05) is 65.2 Å². The van der Waals surface area contributed by atoms with Crippen LogP contribution in [0.15, 0.2) is 18.3 Å². The maximum atomic E-state index is 10.7. The summed E-state index contributed by atoms with van der Waals surface area (Å²) in [6.07, 6.45) is 16.1. The highest BCUT2D eigenvalue weighted by Crippen LogP contribution is 2.20. The second-order valence-electron chi connectivity index (χ2n) is 6.30. The lowest BCUT2D eigenvalue weighted by Gasteiger charge is -2.07. The van der Waals surface area contributed by atoms with Crippen LogP contribution in [0.3, 0.4) is 0 Å². The van der Waals surface area contributed by atoms with Crippen molar-refractivity contribution in [2.75, 3.05) is 0 Å². The van der Waals surface area contributed by atoms with Gasteiger partial charge < -0.3 is 4.57 Å². The summed E-state index contributed by atoms with van der Waals surface area (Å²) in [5.41, 5.74) is -4.05. The fourth-order valence-corrected chi connectivity index (χ4v) is 2.58. The normalized spacial score (nSPS) is 11.9. The van der Waals surface area contributed by atoms with E-state index in [0.717, 1.165) is 6.42 Å². The van der Waals surface area contributed by atoms with Crippen LogP contribution in [-0.2, 0) is 23.1 Å². The monoisotopic (exact) mass is 399 g/mol. The third-order valence-corrected chi connectivity index (χ3v) is 4.67. The Morgan fingerprint density at radius 1 is 0.962 bits per heavy atom. The number of nitrogens with zero attached hydrogens (tertiary/aromatic N) is 1. The summed E-state index contributed by atoms with van der Waals surface area (Å²) in [6.45, 7) is 5.74. The van der Waals surface area contributed by atoms with Crippen LogP contribution in [0.1, 0.15) is 77.3 Å². The van der Waals surface area contributed by atoms with Crippen LogP contribution < -0.4 is 0 Å². The minimum atomic E-state index is -5.84. The van der Waals surface area contributed by atoms with Crippen LogP contribution in [0.5, 0.6) is 0 Å². The van der Waals surface area contributed by atoms with Gasteiger partial charge in [-0.25, -0.2) is 0 Å². The van der Waals surface area contributed by atoms with E-state index in [4.69, 9.17) is 13.0 Å². The SMILES string of the molecule is CCCCCCCCCCCn1cccc1CC.O=S(=O)(O)C(F)(F)F. The molecule has 154 valence electrons. The smallest absolute Gasteiger partial charge is 0.351 e. The van der Waals surface area contributed by atoms with Crippen LogP contribution in [0.25, 0.3) is 0 Å². The van der Waals surface area contributed by atoms with Gasteiger partial charge >= 0.3 is 15.6 Å². The predicted molar refractivity (Wildman–Crippen MR) is 98.6 cm³/mol. The highest BCUT2D eigenvalue weighted by atomic mass is 32.2. The largest absolute Gasteiger partial charge is 0.522 e. The van der Waals surface area contributed by atoms with Gasteiger partial charge in [0.2, 0.25) is 0 Å². The number of aromatic nitrogens is 1. The number of alkyl halides is 3. The first-order valence-corrected chi connectivity index (χ1v) is 10.7. The Bertz CT molecular complexity index is 568. The van der Waals surface area contributed by atoms with Crippen molar-refractivity contribution < 1.29 is 26.1 Å². The van der Waals surface area contributed by atoms with E-state index >= 15 is 0 Å². The van der Waals surface area contributed by atoms with Gasteiger partial charge in [-0.2, -0.15) is 21.6 Å². The van der Waals surface area contributed by atoms with Crippen molar-refractivity contribution in [2.45, 2.75) is 90.1 Å². The van der Waals surface area contributed by atoms with Gasteiger partial charge in [0.25, 0.3) is 0 Å². The van der Waals surface area contributed by atoms with Gasteiger partial charge in [-0.3, -0.25) is 4.55 Å². The van der Waals surface area contributed by atoms with Crippen molar-refractivity contribution in [3.8, 4) is 0 Å². The Morgan fingerprint density at radius 3 is 1.85 bits per heavy atom. The zero-order valence-corrected chi connectivity index (χ0v) is 16.6. The Kier molecular flexibility index (Phi) is 12.7. The molecule has 1 rings (SSSR count). The van der Waals surface area contributed by atoms with Gasteiger partial charge in [-0.15, -0.1) is 0 Å².